The van der Waals surface area contributed by atoms with Crippen molar-refractivity contribution in [2.24, 2.45) is 0 Å². The number of anilines is 1. The van der Waals surface area contributed by atoms with Gasteiger partial charge in [0.15, 0.2) is 0 Å². The van der Waals surface area contributed by atoms with Crippen molar-refractivity contribution in [3.63, 3.8) is 0 Å². The number of nitrogens with zero attached hydrogens (tertiary/aromatic N) is 1. The lowest BCUT2D eigenvalue weighted by atomic mass is 10.1. The van der Waals surface area contributed by atoms with E-state index in [1.807, 2.05) is 24.3 Å². The van der Waals surface area contributed by atoms with Crippen LogP contribution < -0.4 is 14.9 Å². The van der Waals surface area contributed by atoms with Crippen LogP contribution in [0.2, 0.25) is 0 Å². The highest BCUT2D eigenvalue weighted by Crippen LogP contribution is 2.21. The minimum absolute atomic E-state index is 0.0836. The largest absolute Gasteiger partial charge is 0.377 e. The number of benzene rings is 2. The van der Waals surface area contributed by atoms with Crippen molar-refractivity contribution in [1.29, 1.82) is 0 Å². The summed E-state index contributed by atoms with van der Waals surface area (Å²) < 4.78 is 32.9. The van der Waals surface area contributed by atoms with Crippen LogP contribution in [0.5, 0.6) is 0 Å². The number of sulfonamides is 1. The summed E-state index contributed by atoms with van der Waals surface area (Å²) in [5.41, 5.74) is 2.15. The lowest BCUT2D eigenvalue weighted by Gasteiger charge is -2.16. The van der Waals surface area contributed by atoms with E-state index in [0.717, 1.165) is 37.1 Å². The Kier molecular flexibility index (Phi) is 6.88. The Bertz CT molecular complexity index is 1060. The zero-order valence-corrected chi connectivity index (χ0v) is 18.6. The Morgan fingerprint density at radius 2 is 1.81 bits per heavy atom. The van der Waals surface area contributed by atoms with Crippen LogP contribution in [-0.4, -0.2) is 46.0 Å². The molecule has 2 fully saturated rings. The number of carbonyl (C=O) groups excluding carboxylic acids is 2. The third-order valence-electron chi connectivity index (χ3n) is 5.73. The van der Waals surface area contributed by atoms with Gasteiger partial charge < -0.3 is 15.0 Å². The van der Waals surface area contributed by atoms with Crippen LogP contribution >= 0.6 is 0 Å². The van der Waals surface area contributed by atoms with E-state index in [1.54, 1.807) is 4.90 Å². The summed E-state index contributed by atoms with van der Waals surface area (Å²) in [6.07, 6.45) is 3.17. The topological polar surface area (TPSA) is 105 Å². The molecule has 32 heavy (non-hydrogen) atoms. The fourth-order valence-corrected chi connectivity index (χ4v) is 4.94. The van der Waals surface area contributed by atoms with E-state index in [2.05, 4.69) is 10.0 Å². The molecule has 2 aromatic rings. The van der Waals surface area contributed by atoms with Crippen molar-refractivity contribution in [1.82, 2.24) is 10.0 Å². The molecule has 0 bridgehead atoms. The first kappa shape index (κ1) is 22.4. The molecule has 1 atom stereocenters. The summed E-state index contributed by atoms with van der Waals surface area (Å²) in [6, 6.07) is 13.4. The molecule has 2 N–H and O–H groups in total. The van der Waals surface area contributed by atoms with Gasteiger partial charge in [0.05, 0.1) is 11.0 Å². The summed E-state index contributed by atoms with van der Waals surface area (Å²) in [6.45, 7) is 1.98. The molecule has 2 aliphatic heterocycles. The van der Waals surface area contributed by atoms with Crippen molar-refractivity contribution in [2.45, 2.75) is 43.2 Å². The fourth-order valence-electron chi connectivity index (χ4n) is 3.88. The average molecular weight is 458 g/mol. The smallest absolute Gasteiger partial charge is 0.251 e. The van der Waals surface area contributed by atoms with Gasteiger partial charge in [0.25, 0.3) is 5.91 Å². The van der Waals surface area contributed by atoms with Crippen molar-refractivity contribution >= 4 is 27.5 Å². The van der Waals surface area contributed by atoms with Crippen LogP contribution in [-0.2, 0) is 26.1 Å². The Morgan fingerprint density at radius 1 is 1.06 bits per heavy atom. The SMILES string of the molecule is O=C(NCc1ccc(N2CCCC2=O)cc1)c1ccc(S(=O)(=O)NCC2CCCO2)cc1. The highest BCUT2D eigenvalue weighted by atomic mass is 32.2. The van der Waals surface area contributed by atoms with Gasteiger partial charge in [-0.15, -0.1) is 0 Å². The number of hydrogen-bond acceptors (Lipinski definition) is 5. The zero-order chi connectivity index (χ0) is 22.6. The number of hydrogen-bond donors (Lipinski definition) is 2. The molecule has 2 saturated heterocycles. The number of carbonyl (C=O) groups is 2. The molecule has 170 valence electrons. The maximum atomic E-state index is 12.5. The molecular weight excluding hydrogens is 430 g/mol. The number of rotatable bonds is 8. The van der Waals surface area contributed by atoms with Gasteiger partial charge in [-0.25, -0.2) is 13.1 Å². The third kappa shape index (κ3) is 5.35. The van der Waals surface area contributed by atoms with E-state index >= 15 is 0 Å². The van der Waals surface area contributed by atoms with Gasteiger partial charge in [-0.1, -0.05) is 12.1 Å². The third-order valence-corrected chi connectivity index (χ3v) is 7.17. The van der Waals surface area contributed by atoms with Crippen molar-refractivity contribution in [2.75, 3.05) is 24.6 Å². The summed E-state index contributed by atoms with van der Waals surface area (Å²) in [4.78, 5) is 26.2. The second kappa shape index (κ2) is 9.81. The molecule has 8 nitrogen and oxygen atoms in total. The molecule has 0 spiro atoms. The van der Waals surface area contributed by atoms with Crippen LogP contribution in [0.25, 0.3) is 0 Å². The van der Waals surface area contributed by atoms with Gasteiger partial charge in [-0.3, -0.25) is 9.59 Å². The van der Waals surface area contributed by atoms with E-state index in [0.29, 0.717) is 25.1 Å². The average Bonchev–Trinajstić information content (AvgIpc) is 3.48. The van der Waals surface area contributed by atoms with Crippen LogP contribution in [0.3, 0.4) is 0 Å². The van der Waals surface area contributed by atoms with Crippen LogP contribution in [0.4, 0.5) is 5.69 Å². The highest BCUT2D eigenvalue weighted by molar-refractivity contribution is 7.89. The normalized spacial score (nSPS) is 18.8. The predicted octanol–water partition coefficient (Wildman–Crippen LogP) is 2.20. The summed E-state index contributed by atoms with van der Waals surface area (Å²) >= 11 is 0. The summed E-state index contributed by atoms with van der Waals surface area (Å²) in [5, 5.41) is 2.83. The summed E-state index contributed by atoms with van der Waals surface area (Å²) in [7, 11) is -3.65. The molecule has 9 heteroatoms. The van der Waals surface area contributed by atoms with E-state index in [9.17, 15) is 18.0 Å². The molecule has 1 unspecified atom stereocenters. The van der Waals surface area contributed by atoms with Gasteiger partial charge in [0.1, 0.15) is 0 Å². The second-order valence-corrected chi connectivity index (χ2v) is 9.78. The Hall–Kier alpha value is -2.75. The monoisotopic (exact) mass is 457 g/mol. The first-order chi connectivity index (χ1) is 15.4. The number of ether oxygens (including phenoxy) is 1. The summed E-state index contributed by atoms with van der Waals surface area (Å²) in [5.74, 6) is -0.154. The maximum absolute atomic E-state index is 12.5. The van der Waals surface area contributed by atoms with Gasteiger partial charge in [-0.2, -0.15) is 0 Å². The van der Waals surface area contributed by atoms with Crippen LogP contribution in [0.1, 0.15) is 41.6 Å². The van der Waals surface area contributed by atoms with Crippen molar-refractivity contribution < 1.29 is 22.7 Å². The maximum Gasteiger partial charge on any atom is 0.251 e. The molecule has 0 aromatic heterocycles. The quantitative estimate of drug-likeness (QED) is 0.632. The van der Waals surface area contributed by atoms with Crippen LogP contribution in [0.15, 0.2) is 53.4 Å². The van der Waals surface area contributed by atoms with Gasteiger partial charge in [0, 0.05) is 43.9 Å². The first-order valence-corrected chi connectivity index (χ1v) is 12.3. The van der Waals surface area contributed by atoms with Crippen molar-refractivity contribution in [3.8, 4) is 0 Å². The molecule has 0 aliphatic carbocycles. The number of amides is 2. The standard InChI is InChI=1S/C23H27N3O5S/c27-22-4-1-13-26(22)19-9-5-17(6-10-19)15-24-23(28)18-7-11-21(12-8-18)32(29,30)25-16-20-3-2-14-31-20/h5-12,20,25H,1-4,13-16H2,(H,24,28). The van der Waals surface area contributed by atoms with Crippen LogP contribution in [0, 0.1) is 0 Å². The lowest BCUT2D eigenvalue weighted by Crippen LogP contribution is -2.31. The van der Waals surface area contributed by atoms with Crippen molar-refractivity contribution in [3.05, 3.63) is 59.7 Å². The molecule has 0 saturated carbocycles. The molecule has 2 aliphatic rings. The highest BCUT2D eigenvalue weighted by Gasteiger charge is 2.22. The molecule has 2 amide bonds. The Morgan fingerprint density at radius 3 is 2.44 bits per heavy atom. The fraction of sp³-hybridized carbons (Fsp3) is 0.391. The minimum Gasteiger partial charge on any atom is -0.377 e. The first-order valence-electron chi connectivity index (χ1n) is 10.8. The van der Waals surface area contributed by atoms with E-state index < -0.39 is 10.0 Å². The molecule has 0 radical (unpaired) electrons. The minimum atomic E-state index is -3.65. The van der Waals surface area contributed by atoms with Gasteiger partial charge in [-0.05, 0) is 61.2 Å². The van der Waals surface area contributed by atoms with Gasteiger partial charge >= 0.3 is 0 Å². The second-order valence-electron chi connectivity index (χ2n) is 8.01. The molecular formula is C23H27N3O5S. The number of nitrogens with one attached hydrogen (secondary N) is 2. The van der Waals surface area contributed by atoms with E-state index in [1.165, 1.54) is 24.3 Å². The molecule has 2 aromatic carbocycles. The van der Waals surface area contributed by atoms with E-state index in [4.69, 9.17) is 4.74 Å². The van der Waals surface area contributed by atoms with E-state index in [-0.39, 0.29) is 29.4 Å². The Balaban J connectivity index is 1.30. The molecule has 4 rings (SSSR count). The predicted molar refractivity (Wildman–Crippen MR) is 120 cm³/mol. The van der Waals surface area contributed by atoms with Gasteiger partial charge in [0.2, 0.25) is 15.9 Å². The Labute approximate surface area is 188 Å². The molecule has 2 heterocycles. The zero-order valence-electron chi connectivity index (χ0n) is 17.7. The lowest BCUT2D eigenvalue weighted by molar-refractivity contribution is -0.117.